The molecule has 0 saturated carbocycles. The monoisotopic (exact) mass is 232 g/mol. The van der Waals surface area contributed by atoms with E-state index in [1.807, 2.05) is 12.1 Å². The number of ether oxygens (including phenoxy) is 2. The molecule has 0 saturated heterocycles. The van der Waals surface area contributed by atoms with Gasteiger partial charge in [0, 0.05) is 0 Å². The zero-order chi connectivity index (χ0) is 12.0. The molecule has 4 nitrogen and oxygen atoms in total. The normalized spacial score (nSPS) is 17.8. The minimum Gasteiger partial charge on any atom is -0.483 e. The summed E-state index contributed by atoms with van der Waals surface area (Å²) in [6, 6.07) is 6.21. The van der Waals surface area contributed by atoms with E-state index >= 15 is 0 Å². The third-order valence-corrected chi connectivity index (χ3v) is 3.50. The van der Waals surface area contributed by atoms with E-state index in [9.17, 15) is 0 Å². The van der Waals surface area contributed by atoms with Crippen LogP contribution in [0.4, 0.5) is 0 Å². The molecule has 5 heteroatoms. The second-order valence-electron chi connectivity index (χ2n) is 3.40. The second-order valence-corrected chi connectivity index (χ2v) is 4.45. The molecule has 0 bridgehead atoms. The summed E-state index contributed by atoms with van der Waals surface area (Å²) in [4.78, 5) is 8.36. The molecular weight excluding hydrogens is 219 g/mol. The number of carbonyl (C=O) groups is 1. The summed E-state index contributed by atoms with van der Waals surface area (Å²) in [5, 5.41) is 6.89. The molecule has 1 aromatic rings. The quantitative estimate of drug-likeness (QED) is 0.582. The van der Waals surface area contributed by atoms with Crippen molar-refractivity contribution in [2.24, 2.45) is 0 Å². The number of hydrogen-bond donors (Lipinski definition) is 1. The Morgan fingerprint density at radius 3 is 2.94 bits per heavy atom. The zero-order valence-corrected chi connectivity index (χ0v) is 11.5. The van der Waals surface area contributed by atoms with Gasteiger partial charge < -0.3 is 5.11 Å². The zero-order valence-electron chi connectivity index (χ0n) is 9.47. The van der Waals surface area contributed by atoms with Gasteiger partial charge >= 0.3 is 96.0 Å². The Hall–Kier alpha value is -0.550. The van der Waals surface area contributed by atoms with Gasteiger partial charge in [-0.15, -0.1) is 0 Å². The maximum Gasteiger partial charge on any atom is 0.290 e. The standard InChI is InChI=1S/C10H11O2.CH2O2.Na/c1-11-10-4-2-3-8-7-12-6-5-9(8)10;2-1-3;/h2-4,7H,5-6H2,1H3;1H,(H,2,3);. The van der Waals surface area contributed by atoms with Crippen molar-refractivity contribution in [2.45, 2.75) is 9.77 Å². The summed E-state index contributed by atoms with van der Waals surface area (Å²) in [7, 11) is 1.73. The number of rotatable bonds is 1. The molecule has 0 spiro atoms. The molecule has 1 aromatic carbocycles. The Morgan fingerprint density at radius 2 is 2.31 bits per heavy atom. The van der Waals surface area contributed by atoms with Gasteiger partial charge in [0.25, 0.3) is 6.47 Å². The SMILES string of the molecule is COc1cccc2c1CCO[CH]2[Na].O=CO. The van der Waals surface area contributed by atoms with Gasteiger partial charge in [0.2, 0.25) is 0 Å². The average molecular weight is 232 g/mol. The van der Waals surface area contributed by atoms with Crippen LogP contribution in [0, 0.1) is 0 Å². The molecule has 0 aliphatic carbocycles. The Morgan fingerprint density at radius 1 is 1.62 bits per heavy atom. The van der Waals surface area contributed by atoms with Crippen LogP contribution in [0.15, 0.2) is 18.2 Å². The van der Waals surface area contributed by atoms with Gasteiger partial charge in [-0.2, -0.15) is 0 Å². The first-order chi connectivity index (χ1) is 7.74. The van der Waals surface area contributed by atoms with Crippen LogP contribution in [0.2, 0.25) is 0 Å². The second kappa shape index (κ2) is 6.91. The first kappa shape index (κ1) is 13.5. The van der Waals surface area contributed by atoms with Gasteiger partial charge in [-0.25, -0.2) is 0 Å². The van der Waals surface area contributed by atoms with E-state index in [1.54, 1.807) is 7.11 Å². The van der Waals surface area contributed by atoms with Crippen LogP contribution in [-0.4, -0.2) is 53.2 Å². The van der Waals surface area contributed by atoms with Gasteiger partial charge in [0.1, 0.15) is 0 Å². The minimum absolute atomic E-state index is 0.250. The number of carboxylic acid groups (broad SMARTS) is 1. The van der Waals surface area contributed by atoms with Crippen molar-refractivity contribution in [1.82, 2.24) is 0 Å². The molecule has 2 rings (SSSR count). The summed E-state index contributed by atoms with van der Waals surface area (Å²) < 4.78 is 11.3. The predicted molar refractivity (Wildman–Crippen MR) is 59.8 cm³/mol. The third-order valence-electron chi connectivity index (χ3n) is 2.55. The van der Waals surface area contributed by atoms with Crippen LogP contribution in [0.5, 0.6) is 5.75 Å². The van der Waals surface area contributed by atoms with Gasteiger partial charge in [0.15, 0.2) is 0 Å². The van der Waals surface area contributed by atoms with Crippen LogP contribution < -0.4 is 4.74 Å². The molecule has 1 aliphatic rings. The van der Waals surface area contributed by atoms with E-state index in [0.717, 1.165) is 46.7 Å². The van der Waals surface area contributed by atoms with Crippen LogP contribution >= 0.6 is 0 Å². The average Bonchev–Trinajstić information content (AvgIpc) is 2.30. The summed E-state index contributed by atoms with van der Waals surface area (Å²) in [5.41, 5.74) is 2.67. The smallest absolute Gasteiger partial charge is 0.290 e. The molecule has 1 unspecified atom stereocenters. The van der Waals surface area contributed by atoms with Gasteiger partial charge in [-0.1, -0.05) is 0 Å². The Labute approximate surface area is 112 Å². The molecule has 0 fully saturated rings. The van der Waals surface area contributed by atoms with E-state index in [0.29, 0.717) is 3.35 Å². The van der Waals surface area contributed by atoms with Crippen molar-refractivity contribution in [3.8, 4) is 5.75 Å². The summed E-state index contributed by atoms with van der Waals surface area (Å²) in [5.74, 6) is 1.02. The molecule has 82 valence electrons. The van der Waals surface area contributed by atoms with Gasteiger partial charge in [-0.3, -0.25) is 4.79 Å². The van der Waals surface area contributed by atoms with Gasteiger partial charge in [0.05, 0.1) is 0 Å². The maximum absolute atomic E-state index is 8.36. The van der Waals surface area contributed by atoms with Crippen molar-refractivity contribution in [3.05, 3.63) is 29.3 Å². The van der Waals surface area contributed by atoms with Crippen LogP contribution in [0.3, 0.4) is 0 Å². The Balaban J connectivity index is 0.000000386. The van der Waals surface area contributed by atoms with E-state index in [1.165, 1.54) is 11.1 Å². The Kier molecular flexibility index (Phi) is 5.84. The van der Waals surface area contributed by atoms with Crippen molar-refractivity contribution in [1.29, 1.82) is 0 Å². The predicted octanol–water partition coefficient (Wildman–Crippen LogP) is 1.14. The van der Waals surface area contributed by atoms with E-state index < -0.39 is 0 Å². The third kappa shape index (κ3) is 3.22. The molecule has 0 amide bonds. The molecule has 1 atom stereocenters. The molecule has 1 heterocycles. The summed E-state index contributed by atoms with van der Waals surface area (Å²) in [6.45, 7) is 0.585. The van der Waals surface area contributed by atoms with Crippen molar-refractivity contribution < 1.29 is 19.4 Å². The molecular formula is C11H13NaO4. The van der Waals surface area contributed by atoms with Crippen molar-refractivity contribution in [2.75, 3.05) is 13.7 Å². The number of hydrogen-bond acceptors (Lipinski definition) is 3. The fourth-order valence-electron chi connectivity index (χ4n) is 1.85. The minimum atomic E-state index is -0.250. The van der Waals surface area contributed by atoms with E-state index in [-0.39, 0.29) is 6.47 Å². The molecule has 0 aromatic heterocycles. The largest absolute Gasteiger partial charge is 0.483 e. The molecule has 1 aliphatic heterocycles. The van der Waals surface area contributed by atoms with Crippen LogP contribution in [0.1, 0.15) is 14.5 Å². The van der Waals surface area contributed by atoms with Crippen molar-refractivity contribution in [3.63, 3.8) is 0 Å². The first-order valence-corrected chi connectivity index (χ1v) is 6.25. The van der Waals surface area contributed by atoms with E-state index in [2.05, 4.69) is 6.07 Å². The molecule has 16 heavy (non-hydrogen) atoms. The topological polar surface area (TPSA) is 55.8 Å². The molecule has 1 N–H and O–H groups in total. The number of fused-ring (bicyclic) bond motifs is 1. The van der Waals surface area contributed by atoms with Crippen LogP contribution in [0.25, 0.3) is 0 Å². The van der Waals surface area contributed by atoms with Crippen LogP contribution in [-0.2, 0) is 16.0 Å². The van der Waals surface area contributed by atoms with Gasteiger partial charge in [-0.05, 0) is 0 Å². The number of methoxy groups -OCH3 is 1. The van der Waals surface area contributed by atoms with E-state index in [4.69, 9.17) is 19.4 Å². The maximum atomic E-state index is 8.36. The summed E-state index contributed by atoms with van der Waals surface area (Å²) >= 11 is 1.05. The fourth-order valence-corrected chi connectivity index (χ4v) is 2.63. The molecule has 0 radical (unpaired) electrons. The fraction of sp³-hybridized carbons (Fsp3) is 0.364. The number of benzene rings is 1. The first-order valence-electron chi connectivity index (χ1n) is 5.09. The van der Waals surface area contributed by atoms with Crippen molar-refractivity contribution >= 4 is 34.4 Å². The summed E-state index contributed by atoms with van der Waals surface area (Å²) in [6.07, 6.45) is 0.984. The Bertz CT molecular complexity index is 354.